The lowest BCUT2D eigenvalue weighted by atomic mass is 10.0. The van der Waals surface area contributed by atoms with Gasteiger partial charge in [0.1, 0.15) is 0 Å². The average molecular weight is 383 g/mol. The van der Waals surface area contributed by atoms with E-state index in [0.717, 1.165) is 25.0 Å². The lowest BCUT2D eigenvalue weighted by Crippen LogP contribution is -2.38. The lowest BCUT2D eigenvalue weighted by molar-refractivity contribution is 0.300. The van der Waals surface area contributed by atoms with E-state index in [-0.39, 0.29) is 30.6 Å². The molecular weight excluding hydrogens is 353 g/mol. The van der Waals surface area contributed by atoms with Crippen LogP contribution in [0, 0.1) is 5.92 Å². The Bertz CT molecular complexity index is 231. The van der Waals surface area contributed by atoms with Crippen LogP contribution in [0.1, 0.15) is 51.9 Å². The predicted molar refractivity (Wildman–Crippen MR) is 92.3 cm³/mol. The summed E-state index contributed by atoms with van der Waals surface area (Å²) in [6, 6.07) is 0. The first-order valence-electron chi connectivity index (χ1n) is 7.50. The molecule has 0 heterocycles. The van der Waals surface area contributed by atoms with Crippen LogP contribution in [0.15, 0.2) is 4.99 Å². The van der Waals surface area contributed by atoms with E-state index in [0.29, 0.717) is 6.54 Å². The zero-order valence-electron chi connectivity index (χ0n) is 12.2. The molecule has 0 amide bonds. The van der Waals surface area contributed by atoms with Crippen LogP contribution in [0.25, 0.3) is 0 Å². The highest BCUT2D eigenvalue weighted by Gasteiger charge is 2.13. The summed E-state index contributed by atoms with van der Waals surface area (Å²) in [5.41, 5.74) is 0. The van der Waals surface area contributed by atoms with Crippen molar-refractivity contribution in [3.63, 3.8) is 0 Å². The largest absolute Gasteiger partial charge is 0.395 e. The third kappa shape index (κ3) is 9.49. The Morgan fingerprint density at radius 1 is 1.21 bits per heavy atom. The Balaban J connectivity index is 0.00000324. The monoisotopic (exact) mass is 383 g/mol. The molecule has 0 aromatic carbocycles. The lowest BCUT2D eigenvalue weighted by Gasteiger charge is -2.10. The number of hydrogen-bond donors (Lipinski definition) is 3. The van der Waals surface area contributed by atoms with E-state index < -0.39 is 0 Å². The van der Waals surface area contributed by atoms with Crippen molar-refractivity contribution in [2.24, 2.45) is 10.9 Å². The van der Waals surface area contributed by atoms with E-state index in [4.69, 9.17) is 5.11 Å². The van der Waals surface area contributed by atoms with Gasteiger partial charge in [0.25, 0.3) is 0 Å². The molecule has 1 aliphatic rings. The smallest absolute Gasteiger partial charge is 0.191 e. The van der Waals surface area contributed by atoms with Gasteiger partial charge in [-0.1, -0.05) is 38.5 Å². The fourth-order valence-corrected chi connectivity index (χ4v) is 2.55. The van der Waals surface area contributed by atoms with Crippen molar-refractivity contribution < 1.29 is 5.11 Å². The number of nitrogens with one attached hydrogen (secondary N) is 2. The molecule has 5 heteroatoms. The van der Waals surface area contributed by atoms with Crippen molar-refractivity contribution in [3.8, 4) is 0 Å². The highest BCUT2D eigenvalue weighted by Crippen LogP contribution is 2.28. The molecule has 1 fully saturated rings. The SMILES string of the molecule is CCNC(=NCCCCC1CCCC1)NCCO.I. The molecule has 19 heavy (non-hydrogen) atoms. The molecule has 0 radical (unpaired) electrons. The molecule has 0 aromatic rings. The van der Waals surface area contributed by atoms with Crippen molar-refractivity contribution in [1.82, 2.24) is 10.6 Å². The first-order chi connectivity index (χ1) is 8.86. The van der Waals surface area contributed by atoms with Crippen LogP contribution in [-0.4, -0.2) is 37.3 Å². The van der Waals surface area contributed by atoms with E-state index in [1.165, 1.54) is 44.9 Å². The fourth-order valence-electron chi connectivity index (χ4n) is 2.55. The number of aliphatic imine (C=N–C) groups is 1. The molecule has 1 saturated carbocycles. The van der Waals surface area contributed by atoms with Gasteiger partial charge in [-0.2, -0.15) is 0 Å². The normalized spacial score (nSPS) is 16.2. The van der Waals surface area contributed by atoms with Crippen LogP contribution in [0.3, 0.4) is 0 Å². The van der Waals surface area contributed by atoms with Gasteiger partial charge in [-0.05, 0) is 19.3 Å². The summed E-state index contributed by atoms with van der Waals surface area (Å²) in [6.07, 6.45) is 9.64. The maximum absolute atomic E-state index is 8.77. The Labute approximate surface area is 134 Å². The van der Waals surface area contributed by atoms with Gasteiger partial charge in [-0.25, -0.2) is 0 Å². The molecule has 4 nitrogen and oxygen atoms in total. The van der Waals surface area contributed by atoms with Crippen LogP contribution < -0.4 is 10.6 Å². The van der Waals surface area contributed by atoms with Gasteiger partial charge in [0.05, 0.1) is 6.61 Å². The molecular formula is C14H30IN3O. The van der Waals surface area contributed by atoms with Crippen LogP contribution in [0.5, 0.6) is 0 Å². The zero-order chi connectivity index (χ0) is 13.1. The molecule has 0 aromatic heterocycles. The summed E-state index contributed by atoms with van der Waals surface area (Å²) in [5.74, 6) is 1.82. The molecule has 1 rings (SSSR count). The van der Waals surface area contributed by atoms with E-state index >= 15 is 0 Å². The van der Waals surface area contributed by atoms with Crippen molar-refractivity contribution in [1.29, 1.82) is 0 Å². The molecule has 3 N–H and O–H groups in total. The highest BCUT2D eigenvalue weighted by atomic mass is 127. The van der Waals surface area contributed by atoms with Gasteiger partial charge < -0.3 is 15.7 Å². The zero-order valence-corrected chi connectivity index (χ0v) is 14.5. The maximum atomic E-state index is 8.77. The van der Waals surface area contributed by atoms with E-state index in [9.17, 15) is 0 Å². The first kappa shape index (κ1) is 19.0. The molecule has 0 bridgehead atoms. The highest BCUT2D eigenvalue weighted by molar-refractivity contribution is 14.0. The van der Waals surface area contributed by atoms with Crippen LogP contribution in [0.2, 0.25) is 0 Å². The van der Waals surface area contributed by atoms with Crippen LogP contribution >= 0.6 is 24.0 Å². The molecule has 0 saturated heterocycles. The Kier molecular flexibility index (Phi) is 12.9. The predicted octanol–water partition coefficient (Wildman–Crippen LogP) is 2.51. The minimum absolute atomic E-state index is 0. The van der Waals surface area contributed by atoms with Crippen molar-refractivity contribution >= 4 is 29.9 Å². The average Bonchev–Trinajstić information content (AvgIpc) is 2.88. The van der Waals surface area contributed by atoms with Crippen molar-refractivity contribution in [2.75, 3.05) is 26.2 Å². The van der Waals surface area contributed by atoms with Gasteiger partial charge in [0.2, 0.25) is 0 Å². The molecule has 1 aliphatic carbocycles. The summed E-state index contributed by atoms with van der Waals surface area (Å²) in [7, 11) is 0. The second-order valence-electron chi connectivity index (χ2n) is 5.06. The number of aliphatic hydroxyl groups excluding tert-OH is 1. The van der Waals surface area contributed by atoms with Crippen LogP contribution in [0.4, 0.5) is 0 Å². The fraction of sp³-hybridized carbons (Fsp3) is 0.929. The third-order valence-corrected chi connectivity index (χ3v) is 3.51. The summed E-state index contributed by atoms with van der Waals surface area (Å²) in [5, 5.41) is 15.0. The number of unbranched alkanes of at least 4 members (excludes halogenated alkanes) is 1. The topological polar surface area (TPSA) is 56.7 Å². The van der Waals surface area contributed by atoms with E-state index in [2.05, 4.69) is 22.5 Å². The third-order valence-electron chi connectivity index (χ3n) is 3.51. The second-order valence-corrected chi connectivity index (χ2v) is 5.06. The Hall–Kier alpha value is -0.0400. The number of aliphatic hydroxyl groups is 1. The number of guanidine groups is 1. The molecule has 0 unspecified atom stereocenters. The summed E-state index contributed by atoms with van der Waals surface area (Å²) in [6.45, 7) is 4.50. The second kappa shape index (κ2) is 13.0. The minimum atomic E-state index is 0. The number of rotatable bonds is 8. The van der Waals surface area contributed by atoms with Crippen molar-refractivity contribution in [2.45, 2.75) is 51.9 Å². The standard InChI is InChI=1S/C14H29N3O.HI/c1-2-15-14(17-11-12-18)16-10-6-5-9-13-7-3-4-8-13;/h13,18H,2-12H2,1H3,(H2,15,16,17);1H. The summed E-state index contributed by atoms with van der Waals surface area (Å²) in [4.78, 5) is 4.50. The number of hydrogen-bond acceptors (Lipinski definition) is 2. The summed E-state index contributed by atoms with van der Waals surface area (Å²) < 4.78 is 0. The Morgan fingerprint density at radius 3 is 2.58 bits per heavy atom. The van der Waals surface area contributed by atoms with E-state index in [1.807, 2.05) is 0 Å². The molecule has 0 atom stereocenters. The Morgan fingerprint density at radius 2 is 1.95 bits per heavy atom. The molecule has 0 aliphatic heterocycles. The summed E-state index contributed by atoms with van der Waals surface area (Å²) >= 11 is 0. The van der Waals surface area contributed by atoms with E-state index in [1.54, 1.807) is 0 Å². The minimum Gasteiger partial charge on any atom is -0.395 e. The quantitative estimate of drug-likeness (QED) is 0.261. The first-order valence-corrected chi connectivity index (χ1v) is 7.50. The van der Waals surface area contributed by atoms with Crippen LogP contribution in [-0.2, 0) is 0 Å². The van der Waals surface area contributed by atoms with Gasteiger partial charge in [0.15, 0.2) is 5.96 Å². The van der Waals surface area contributed by atoms with Gasteiger partial charge in [-0.15, -0.1) is 24.0 Å². The van der Waals surface area contributed by atoms with Gasteiger partial charge in [-0.3, -0.25) is 4.99 Å². The molecule has 114 valence electrons. The van der Waals surface area contributed by atoms with Gasteiger partial charge >= 0.3 is 0 Å². The van der Waals surface area contributed by atoms with Gasteiger partial charge in [0, 0.05) is 19.6 Å². The molecule has 0 spiro atoms. The number of nitrogens with zero attached hydrogens (tertiary/aromatic N) is 1. The maximum Gasteiger partial charge on any atom is 0.191 e. The van der Waals surface area contributed by atoms with Crippen molar-refractivity contribution in [3.05, 3.63) is 0 Å². The number of halogens is 1.